The minimum atomic E-state index is 0.383. The molecule has 0 aliphatic heterocycles. The summed E-state index contributed by atoms with van der Waals surface area (Å²) < 4.78 is 0. The fraction of sp³-hybridized carbons (Fsp3) is 0.538. The van der Waals surface area contributed by atoms with E-state index in [0.717, 1.165) is 17.4 Å². The summed E-state index contributed by atoms with van der Waals surface area (Å²) in [7, 11) is 2.09. The topological polar surface area (TPSA) is 20.2 Å². The van der Waals surface area contributed by atoms with Crippen molar-refractivity contribution in [3.05, 3.63) is 28.8 Å². The number of aromatic hydroxyl groups is 1. The van der Waals surface area contributed by atoms with Gasteiger partial charge < -0.3 is 5.11 Å². The number of phenols is 1. The summed E-state index contributed by atoms with van der Waals surface area (Å²) in [6, 6.07) is 4.27. The van der Waals surface area contributed by atoms with Crippen LogP contribution in [0.1, 0.15) is 56.2 Å². The molecule has 0 aliphatic carbocycles. The Morgan fingerprint density at radius 3 is 2.13 bits per heavy atom. The molecule has 0 aromatic heterocycles. The van der Waals surface area contributed by atoms with E-state index in [4.69, 9.17) is 0 Å². The summed E-state index contributed by atoms with van der Waals surface area (Å²) >= 11 is 0. The van der Waals surface area contributed by atoms with E-state index in [2.05, 4.69) is 47.7 Å². The van der Waals surface area contributed by atoms with Crippen molar-refractivity contribution >= 4 is 7.85 Å². The van der Waals surface area contributed by atoms with Gasteiger partial charge in [-0.05, 0) is 28.5 Å². The van der Waals surface area contributed by atoms with E-state index < -0.39 is 0 Å². The van der Waals surface area contributed by atoms with E-state index in [1.165, 1.54) is 5.56 Å². The molecule has 0 unspecified atom stereocenters. The van der Waals surface area contributed by atoms with Gasteiger partial charge in [0.2, 0.25) is 0 Å². The second-order valence-corrected chi connectivity index (χ2v) is 4.78. The molecule has 1 nitrogen and oxygen atoms in total. The number of phenolic OH excluding ortho intramolecular Hbond substituents is 1. The molecule has 0 bridgehead atoms. The maximum Gasteiger partial charge on any atom is 0.121 e. The van der Waals surface area contributed by atoms with Gasteiger partial charge in [0.25, 0.3) is 0 Å². The van der Waals surface area contributed by atoms with E-state index in [-0.39, 0.29) is 0 Å². The molecule has 1 aromatic carbocycles. The van der Waals surface area contributed by atoms with Crippen molar-refractivity contribution in [3.8, 4) is 5.75 Å². The average Bonchev–Trinajstić information content (AvgIpc) is 2.17. The Labute approximate surface area is 93.9 Å². The molecule has 0 spiro atoms. The molecule has 82 valence electrons. The third-order valence-electron chi connectivity index (χ3n) is 2.91. The highest BCUT2D eigenvalue weighted by molar-refractivity contribution is 6.08. The van der Waals surface area contributed by atoms with Crippen LogP contribution in [0.2, 0.25) is 0 Å². The zero-order chi connectivity index (χ0) is 11.6. The molecule has 0 amide bonds. The molecule has 1 rings (SSSR count). The van der Waals surface area contributed by atoms with E-state index in [0.29, 0.717) is 17.6 Å². The Hall–Kier alpha value is -0.915. The lowest BCUT2D eigenvalue weighted by Crippen LogP contribution is -1.98. The van der Waals surface area contributed by atoms with Crippen LogP contribution in [-0.4, -0.2) is 13.0 Å². The predicted octanol–water partition coefficient (Wildman–Crippen LogP) is 2.77. The molecule has 2 heteroatoms. The van der Waals surface area contributed by atoms with Gasteiger partial charge in [0.05, 0.1) is 0 Å². The highest BCUT2D eigenvalue weighted by atomic mass is 16.3. The Kier molecular flexibility index (Phi) is 3.84. The van der Waals surface area contributed by atoms with Crippen molar-refractivity contribution in [3.63, 3.8) is 0 Å². The molecule has 0 atom stereocenters. The Morgan fingerprint density at radius 2 is 1.73 bits per heavy atom. The lowest BCUT2D eigenvalue weighted by Gasteiger charge is -2.16. The third kappa shape index (κ3) is 2.56. The van der Waals surface area contributed by atoms with Crippen molar-refractivity contribution in [2.45, 2.75) is 45.9 Å². The normalized spacial score (nSPS) is 11.3. The average molecular weight is 204 g/mol. The number of hydrogen-bond donors (Lipinski definition) is 1. The van der Waals surface area contributed by atoms with Crippen LogP contribution in [-0.2, 0) is 6.32 Å². The maximum atomic E-state index is 10.1. The van der Waals surface area contributed by atoms with Crippen molar-refractivity contribution in [1.82, 2.24) is 0 Å². The van der Waals surface area contributed by atoms with Crippen LogP contribution >= 0.6 is 0 Å². The summed E-state index contributed by atoms with van der Waals surface area (Å²) in [5.41, 5.74) is 3.48. The van der Waals surface area contributed by atoms with Gasteiger partial charge in [-0.15, -0.1) is 0 Å². The SMILES string of the molecule is BCc1cc(C(C)C)cc(C(C)C)c1O. The van der Waals surface area contributed by atoms with Crippen LogP contribution in [0.4, 0.5) is 0 Å². The second kappa shape index (κ2) is 4.74. The fourth-order valence-corrected chi connectivity index (χ4v) is 1.79. The van der Waals surface area contributed by atoms with Gasteiger partial charge in [-0.25, -0.2) is 0 Å². The monoisotopic (exact) mass is 204 g/mol. The van der Waals surface area contributed by atoms with Crippen LogP contribution < -0.4 is 0 Å². The number of hydrogen-bond acceptors (Lipinski definition) is 1. The van der Waals surface area contributed by atoms with Gasteiger partial charge in [-0.1, -0.05) is 46.1 Å². The molecule has 15 heavy (non-hydrogen) atoms. The van der Waals surface area contributed by atoms with Gasteiger partial charge >= 0.3 is 0 Å². The quantitative estimate of drug-likeness (QED) is 0.750. The second-order valence-electron chi connectivity index (χ2n) is 4.78. The minimum absolute atomic E-state index is 0.383. The minimum Gasteiger partial charge on any atom is -0.507 e. The van der Waals surface area contributed by atoms with Crippen LogP contribution in [0.3, 0.4) is 0 Å². The fourth-order valence-electron chi connectivity index (χ4n) is 1.79. The molecule has 1 N–H and O–H groups in total. The van der Waals surface area contributed by atoms with Gasteiger partial charge in [-0.2, -0.15) is 0 Å². The molecule has 0 aliphatic rings. The first-order valence-corrected chi connectivity index (χ1v) is 5.83. The third-order valence-corrected chi connectivity index (χ3v) is 2.91. The lowest BCUT2D eigenvalue weighted by molar-refractivity contribution is 0.459. The number of rotatable bonds is 3. The first-order valence-electron chi connectivity index (χ1n) is 5.83. The maximum absolute atomic E-state index is 10.1. The van der Waals surface area contributed by atoms with Gasteiger partial charge in [0, 0.05) is 0 Å². The highest BCUT2D eigenvalue weighted by Gasteiger charge is 2.12. The Morgan fingerprint density at radius 1 is 1.13 bits per heavy atom. The van der Waals surface area contributed by atoms with Crippen LogP contribution in [0.5, 0.6) is 5.75 Å². The summed E-state index contributed by atoms with van der Waals surface area (Å²) in [6.07, 6.45) is 0.895. The summed E-state index contributed by atoms with van der Waals surface area (Å²) in [5.74, 6) is 1.40. The molecule has 1 aromatic rings. The zero-order valence-corrected chi connectivity index (χ0v) is 10.5. The molecule has 0 saturated heterocycles. The Bertz CT molecular complexity index is 343. The largest absolute Gasteiger partial charge is 0.507 e. The van der Waals surface area contributed by atoms with E-state index in [1.54, 1.807) is 0 Å². The smallest absolute Gasteiger partial charge is 0.121 e. The summed E-state index contributed by atoms with van der Waals surface area (Å²) in [5, 5.41) is 10.1. The number of benzene rings is 1. The summed E-state index contributed by atoms with van der Waals surface area (Å²) in [6.45, 7) is 8.63. The van der Waals surface area contributed by atoms with Gasteiger partial charge in [-0.3, -0.25) is 0 Å². The summed E-state index contributed by atoms with van der Waals surface area (Å²) in [4.78, 5) is 0. The van der Waals surface area contributed by atoms with Gasteiger partial charge in [0.15, 0.2) is 0 Å². The predicted molar refractivity (Wildman–Crippen MR) is 68.5 cm³/mol. The van der Waals surface area contributed by atoms with Crippen LogP contribution in [0.25, 0.3) is 0 Å². The molecule has 0 heterocycles. The van der Waals surface area contributed by atoms with Gasteiger partial charge in [0.1, 0.15) is 13.6 Å². The van der Waals surface area contributed by atoms with Crippen molar-refractivity contribution in [2.75, 3.05) is 0 Å². The van der Waals surface area contributed by atoms with Crippen LogP contribution in [0, 0.1) is 0 Å². The van der Waals surface area contributed by atoms with Crippen molar-refractivity contribution < 1.29 is 5.11 Å². The zero-order valence-electron chi connectivity index (χ0n) is 10.5. The van der Waals surface area contributed by atoms with E-state index in [1.807, 2.05) is 0 Å². The lowest BCUT2D eigenvalue weighted by atomic mass is 9.87. The Balaban J connectivity index is 3.32. The van der Waals surface area contributed by atoms with E-state index >= 15 is 0 Å². The molecule has 0 fully saturated rings. The first-order chi connectivity index (χ1) is 6.97. The molecular weight excluding hydrogens is 183 g/mol. The molecule has 0 saturated carbocycles. The van der Waals surface area contributed by atoms with Crippen molar-refractivity contribution in [1.29, 1.82) is 0 Å². The first kappa shape index (κ1) is 12.2. The molecular formula is C13H21BO. The highest BCUT2D eigenvalue weighted by Crippen LogP contribution is 2.32. The standard InChI is InChI=1S/C13H21BO/c1-8(2)10-5-11(7-14)13(15)12(6-10)9(3)4/h5-6,8-9,15H,7,14H2,1-4H3. The van der Waals surface area contributed by atoms with Crippen molar-refractivity contribution in [2.24, 2.45) is 0 Å². The van der Waals surface area contributed by atoms with Crippen LogP contribution in [0.15, 0.2) is 12.1 Å². The molecule has 0 radical (unpaired) electrons. The van der Waals surface area contributed by atoms with E-state index in [9.17, 15) is 5.11 Å².